The highest BCUT2D eigenvalue weighted by Gasteiger charge is 2.30. The van der Waals surface area contributed by atoms with Gasteiger partial charge in [0, 0.05) is 11.3 Å². The van der Waals surface area contributed by atoms with Gasteiger partial charge in [0.15, 0.2) is 0 Å². The smallest absolute Gasteiger partial charge is 0.406 e. The fourth-order valence-corrected chi connectivity index (χ4v) is 2.27. The zero-order chi connectivity index (χ0) is 17.2. The highest BCUT2D eigenvalue weighted by molar-refractivity contribution is 6.06. The van der Waals surface area contributed by atoms with Gasteiger partial charge in [-0.2, -0.15) is 0 Å². The average molecular weight is 331 g/mol. The Bertz CT molecular complexity index is 873. The molecule has 0 fully saturated rings. The zero-order valence-electron chi connectivity index (χ0n) is 12.3. The minimum atomic E-state index is -4.74. The van der Waals surface area contributed by atoms with E-state index < -0.39 is 6.36 Å². The Balaban J connectivity index is 1.73. The van der Waals surface area contributed by atoms with Crippen LogP contribution in [0, 0.1) is 0 Å². The van der Waals surface area contributed by atoms with Crippen molar-refractivity contribution in [2.45, 2.75) is 6.36 Å². The minimum absolute atomic E-state index is 0.341. The second-order valence-electron chi connectivity index (χ2n) is 5.09. The maximum Gasteiger partial charge on any atom is 0.573 e. The van der Waals surface area contributed by atoms with E-state index in [1.807, 2.05) is 30.3 Å². The highest BCUT2D eigenvalue weighted by atomic mass is 19.4. The minimum Gasteiger partial charge on any atom is -0.406 e. The fraction of sp³-hybridized carbons (Fsp3) is 0.0556. The van der Waals surface area contributed by atoms with Gasteiger partial charge in [0.1, 0.15) is 5.75 Å². The first-order chi connectivity index (χ1) is 11.4. The van der Waals surface area contributed by atoms with Crippen LogP contribution in [0.3, 0.4) is 0 Å². The molecule has 0 saturated heterocycles. The van der Waals surface area contributed by atoms with Crippen molar-refractivity contribution in [3.63, 3.8) is 0 Å². The van der Waals surface area contributed by atoms with Crippen molar-refractivity contribution in [1.82, 2.24) is 0 Å². The number of ether oxygens (including phenoxy) is 1. The molecule has 3 nitrogen and oxygen atoms in total. The van der Waals surface area contributed by atoms with Crippen molar-refractivity contribution >= 4 is 22.4 Å². The number of amides is 1. The normalized spacial score (nSPS) is 11.3. The predicted octanol–water partition coefficient (Wildman–Crippen LogP) is 4.99. The third-order valence-corrected chi connectivity index (χ3v) is 3.36. The number of hydrogen-bond acceptors (Lipinski definition) is 2. The van der Waals surface area contributed by atoms with E-state index in [9.17, 15) is 18.0 Å². The standard InChI is InChI=1S/C18H12F3NO2/c19-18(20,21)24-16-9-7-15(8-10-16)22-17(23)14-6-5-12-3-1-2-4-13(12)11-14/h1-11H,(H,22,23). The summed E-state index contributed by atoms with van der Waals surface area (Å²) in [5.41, 5.74) is 0.840. The molecular weight excluding hydrogens is 319 g/mol. The van der Waals surface area contributed by atoms with Gasteiger partial charge in [0.25, 0.3) is 5.91 Å². The Morgan fingerprint density at radius 3 is 2.21 bits per heavy atom. The summed E-state index contributed by atoms with van der Waals surface area (Å²) in [6.07, 6.45) is -4.74. The number of benzene rings is 3. The number of hydrogen-bond donors (Lipinski definition) is 1. The molecule has 3 rings (SSSR count). The van der Waals surface area contributed by atoms with Gasteiger partial charge in [-0.05, 0) is 47.2 Å². The van der Waals surface area contributed by atoms with Crippen LogP contribution in [0.4, 0.5) is 18.9 Å². The number of anilines is 1. The predicted molar refractivity (Wildman–Crippen MR) is 85.0 cm³/mol. The molecule has 0 saturated carbocycles. The molecule has 0 atom stereocenters. The molecule has 0 aliphatic rings. The van der Waals surface area contributed by atoms with Crippen molar-refractivity contribution in [3.8, 4) is 5.75 Å². The Labute approximate surface area is 135 Å². The van der Waals surface area contributed by atoms with E-state index in [0.717, 1.165) is 22.9 Å². The second-order valence-corrected chi connectivity index (χ2v) is 5.09. The highest BCUT2D eigenvalue weighted by Crippen LogP contribution is 2.24. The van der Waals surface area contributed by atoms with Crippen LogP contribution in [0.5, 0.6) is 5.75 Å². The monoisotopic (exact) mass is 331 g/mol. The zero-order valence-corrected chi connectivity index (χ0v) is 12.3. The number of carbonyl (C=O) groups excluding carboxylic acids is 1. The molecule has 0 aromatic heterocycles. The first-order valence-electron chi connectivity index (χ1n) is 7.07. The van der Waals surface area contributed by atoms with Crippen molar-refractivity contribution in [2.75, 3.05) is 5.32 Å². The van der Waals surface area contributed by atoms with Crippen LogP contribution in [-0.4, -0.2) is 12.3 Å². The van der Waals surface area contributed by atoms with Crippen LogP contribution >= 0.6 is 0 Å². The lowest BCUT2D eigenvalue weighted by Crippen LogP contribution is -2.17. The third-order valence-electron chi connectivity index (χ3n) is 3.36. The van der Waals surface area contributed by atoms with Gasteiger partial charge in [0.05, 0.1) is 0 Å². The van der Waals surface area contributed by atoms with Crippen LogP contribution in [0.15, 0.2) is 66.7 Å². The largest absolute Gasteiger partial charge is 0.573 e. The van der Waals surface area contributed by atoms with Crippen LogP contribution < -0.4 is 10.1 Å². The molecule has 0 aliphatic heterocycles. The van der Waals surface area contributed by atoms with E-state index >= 15 is 0 Å². The summed E-state index contributed by atoms with van der Waals surface area (Å²) in [4.78, 5) is 12.2. The summed E-state index contributed by atoms with van der Waals surface area (Å²) in [6, 6.07) is 17.9. The Kier molecular flexibility index (Phi) is 4.12. The Morgan fingerprint density at radius 2 is 1.54 bits per heavy atom. The molecule has 0 bridgehead atoms. The van der Waals surface area contributed by atoms with Gasteiger partial charge in [-0.3, -0.25) is 4.79 Å². The summed E-state index contributed by atoms with van der Waals surface area (Å²) in [6.45, 7) is 0. The summed E-state index contributed by atoms with van der Waals surface area (Å²) < 4.78 is 40.1. The number of carbonyl (C=O) groups is 1. The van der Waals surface area contributed by atoms with E-state index in [1.54, 1.807) is 12.1 Å². The summed E-state index contributed by atoms with van der Waals surface area (Å²) in [7, 11) is 0. The quantitative estimate of drug-likeness (QED) is 0.734. The number of halogens is 3. The Hall–Kier alpha value is -3.02. The van der Waals surface area contributed by atoms with Crippen molar-refractivity contribution in [2.24, 2.45) is 0 Å². The molecular formula is C18H12F3NO2. The van der Waals surface area contributed by atoms with Gasteiger partial charge in [0.2, 0.25) is 0 Å². The fourth-order valence-electron chi connectivity index (χ4n) is 2.27. The lowest BCUT2D eigenvalue weighted by molar-refractivity contribution is -0.274. The van der Waals surface area contributed by atoms with Gasteiger partial charge in [-0.1, -0.05) is 30.3 Å². The first kappa shape index (κ1) is 15.9. The third kappa shape index (κ3) is 3.84. The topological polar surface area (TPSA) is 38.3 Å². The number of nitrogens with one attached hydrogen (secondary N) is 1. The van der Waals surface area contributed by atoms with Crippen molar-refractivity contribution in [1.29, 1.82) is 0 Å². The molecule has 3 aromatic carbocycles. The molecule has 24 heavy (non-hydrogen) atoms. The molecule has 0 unspecified atom stereocenters. The van der Waals surface area contributed by atoms with Crippen LogP contribution in [0.2, 0.25) is 0 Å². The van der Waals surface area contributed by atoms with E-state index in [2.05, 4.69) is 10.1 Å². The lowest BCUT2D eigenvalue weighted by Gasteiger charge is -2.10. The van der Waals surface area contributed by atoms with Gasteiger partial charge in [-0.15, -0.1) is 13.2 Å². The first-order valence-corrected chi connectivity index (χ1v) is 7.07. The number of fused-ring (bicyclic) bond motifs is 1. The van der Waals surface area contributed by atoms with E-state index in [0.29, 0.717) is 11.3 Å². The molecule has 3 aromatic rings. The molecule has 0 spiro atoms. The molecule has 1 amide bonds. The SMILES string of the molecule is O=C(Nc1ccc(OC(F)(F)F)cc1)c1ccc2ccccc2c1. The average Bonchev–Trinajstić information content (AvgIpc) is 2.55. The van der Waals surface area contributed by atoms with Crippen LogP contribution in [-0.2, 0) is 0 Å². The molecule has 1 N–H and O–H groups in total. The van der Waals surface area contributed by atoms with Gasteiger partial charge in [-0.25, -0.2) is 0 Å². The van der Waals surface area contributed by atoms with Crippen LogP contribution in [0.1, 0.15) is 10.4 Å². The van der Waals surface area contributed by atoms with Crippen molar-refractivity contribution < 1.29 is 22.7 Å². The number of rotatable bonds is 3. The molecule has 6 heteroatoms. The summed E-state index contributed by atoms with van der Waals surface area (Å²) in [5.74, 6) is -0.684. The van der Waals surface area contributed by atoms with Crippen molar-refractivity contribution in [3.05, 3.63) is 72.3 Å². The molecule has 122 valence electrons. The maximum absolute atomic E-state index is 12.2. The number of alkyl halides is 3. The second kappa shape index (κ2) is 6.23. The summed E-state index contributed by atoms with van der Waals surface area (Å²) >= 11 is 0. The Morgan fingerprint density at radius 1 is 0.875 bits per heavy atom. The van der Waals surface area contributed by atoms with Gasteiger partial charge >= 0.3 is 6.36 Å². The van der Waals surface area contributed by atoms with Crippen LogP contribution in [0.25, 0.3) is 10.8 Å². The van der Waals surface area contributed by atoms with E-state index in [1.165, 1.54) is 12.1 Å². The summed E-state index contributed by atoms with van der Waals surface area (Å²) in [5, 5.41) is 4.58. The van der Waals surface area contributed by atoms with E-state index in [4.69, 9.17) is 0 Å². The molecule has 0 radical (unpaired) electrons. The molecule has 0 heterocycles. The lowest BCUT2D eigenvalue weighted by atomic mass is 10.1. The van der Waals surface area contributed by atoms with E-state index in [-0.39, 0.29) is 11.7 Å². The van der Waals surface area contributed by atoms with Gasteiger partial charge < -0.3 is 10.1 Å². The maximum atomic E-state index is 12.2. The molecule has 0 aliphatic carbocycles.